The molecular weight excluding hydrogens is 180 g/mol. The molecule has 0 N–H and O–H groups in total. The largest absolute Gasteiger partial charge is 0.372 e. The maximum atomic E-state index is 11.8. The third-order valence-electron chi connectivity index (χ3n) is 2.81. The molecule has 0 aliphatic carbocycles. The van der Waals surface area contributed by atoms with Crippen LogP contribution in [0.2, 0.25) is 0 Å². The van der Waals surface area contributed by atoms with Crippen molar-refractivity contribution in [2.45, 2.75) is 26.0 Å². The lowest BCUT2D eigenvalue weighted by Crippen LogP contribution is -2.55. The lowest BCUT2D eigenvalue weighted by molar-refractivity contribution is -0.145. The van der Waals surface area contributed by atoms with Crippen LogP contribution in [0.1, 0.15) is 13.8 Å². The van der Waals surface area contributed by atoms with Crippen LogP contribution >= 0.6 is 0 Å². The van der Waals surface area contributed by atoms with Crippen molar-refractivity contribution in [1.82, 2.24) is 9.80 Å². The van der Waals surface area contributed by atoms with Crippen molar-refractivity contribution in [3.8, 4) is 0 Å². The number of rotatable bonds is 2. The molecule has 1 heterocycles. The first-order valence-electron chi connectivity index (χ1n) is 5.08. The number of nitrogens with zero attached hydrogens (tertiary/aromatic N) is 2. The monoisotopic (exact) mass is 200 g/mol. The molecule has 0 aromatic carbocycles. The van der Waals surface area contributed by atoms with Gasteiger partial charge in [-0.05, 0) is 20.9 Å². The fourth-order valence-electron chi connectivity index (χ4n) is 1.80. The van der Waals surface area contributed by atoms with E-state index in [9.17, 15) is 4.79 Å². The minimum atomic E-state index is -0.319. The molecule has 0 aromatic rings. The molecule has 0 radical (unpaired) electrons. The van der Waals surface area contributed by atoms with Gasteiger partial charge in [0.05, 0.1) is 0 Å². The van der Waals surface area contributed by atoms with Crippen LogP contribution in [0.3, 0.4) is 0 Å². The van der Waals surface area contributed by atoms with Crippen LogP contribution in [-0.2, 0) is 9.53 Å². The Morgan fingerprint density at radius 1 is 1.50 bits per heavy atom. The van der Waals surface area contributed by atoms with E-state index in [2.05, 4.69) is 18.9 Å². The highest BCUT2D eigenvalue weighted by molar-refractivity contribution is 5.80. The predicted octanol–water partition coefficient (Wildman–Crippen LogP) is 0.184. The Labute approximate surface area is 85.8 Å². The van der Waals surface area contributed by atoms with Crippen molar-refractivity contribution in [3.05, 3.63) is 0 Å². The average molecular weight is 200 g/mol. The number of hydrogen-bond acceptors (Lipinski definition) is 3. The van der Waals surface area contributed by atoms with Gasteiger partial charge in [-0.3, -0.25) is 4.79 Å². The molecule has 0 bridgehead atoms. The summed E-state index contributed by atoms with van der Waals surface area (Å²) >= 11 is 0. The third-order valence-corrected chi connectivity index (χ3v) is 2.81. The second-order valence-electron chi connectivity index (χ2n) is 4.02. The SMILES string of the molecule is COC(C)C(=O)N1CCN(C)CC1C. The number of hydrogen-bond donors (Lipinski definition) is 0. The van der Waals surface area contributed by atoms with Gasteiger partial charge in [0.15, 0.2) is 0 Å². The molecule has 14 heavy (non-hydrogen) atoms. The molecule has 2 unspecified atom stereocenters. The van der Waals surface area contributed by atoms with Crippen LogP contribution in [0.4, 0.5) is 0 Å². The molecule has 1 aliphatic heterocycles. The Hall–Kier alpha value is -0.610. The molecule has 1 amide bonds. The molecule has 4 heteroatoms. The first kappa shape index (κ1) is 11.5. The number of ether oxygens (including phenoxy) is 1. The zero-order valence-corrected chi connectivity index (χ0v) is 9.49. The second-order valence-corrected chi connectivity index (χ2v) is 4.02. The van der Waals surface area contributed by atoms with E-state index in [0.717, 1.165) is 19.6 Å². The zero-order valence-electron chi connectivity index (χ0n) is 9.49. The number of carbonyl (C=O) groups is 1. The lowest BCUT2D eigenvalue weighted by atomic mass is 10.2. The maximum absolute atomic E-state index is 11.8. The van der Waals surface area contributed by atoms with Crippen LogP contribution < -0.4 is 0 Å². The summed E-state index contributed by atoms with van der Waals surface area (Å²) < 4.78 is 5.04. The van der Waals surface area contributed by atoms with Gasteiger partial charge in [-0.15, -0.1) is 0 Å². The molecule has 1 saturated heterocycles. The first-order valence-corrected chi connectivity index (χ1v) is 5.08. The highest BCUT2D eigenvalue weighted by Gasteiger charge is 2.28. The summed E-state index contributed by atoms with van der Waals surface area (Å²) in [5.74, 6) is 0.105. The minimum absolute atomic E-state index is 0.105. The average Bonchev–Trinajstić information content (AvgIpc) is 2.15. The minimum Gasteiger partial charge on any atom is -0.372 e. The van der Waals surface area contributed by atoms with Crippen LogP contribution in [0.15, 0.2) is 0 Å². The van der Waals surface area contributed by atoms with Gasteiger partial charge in [0.2, 0.25) is 0 Å². The summed E-state index contributed by atoms with van der Waals surface area (Å²) in [5, 5.41) is 0. The number of piperazine rings is 1. The van der Waals surface area contributed by atoms with Crippen molar-refractivity contribution in [2.75, 3.05) is 33.8 Å². The van der Waals surface area contributed by atoms with Gasteiger partial charge in [-0.25, -0.2) is 0 Å². The van der Waals surface area contributed by atoms with Crippen molar-refractivity contribution >= 4 is 5.91 Å². The molecule has 0 spiro atoms. The Morgan fingerprint density at radius 2 is 2.14 bits per heavy atom. The van der Waals surface area contributed by atoms with Gasteiger partial charge >= 0.3 is 0 Å². The van der Waals surface area contributed by atoms with E-state index < -0.39 is 0 Å². The van der Waals surface area contributed by atoms with E-state index in [1.807, 2.05) is 4.90 Å². The number of likely N-dealkylation sites (N-methyl/N-ethyl adjacent to an activating group) is 1. The second kappa shape index (κ2) is 4.75. The number of amides is 1. The van der Waals surface area contributed by atoms with E-state index in [0.29, 0.717) is 6.04 Å². The van der Waals surface area contributed by atoms with Crippen LogP contribution in [0, 0.1) is 0 Å². The summed E-state index contributed by atoms with van der Waals surface area (Å²) in [5.41, 5.74) is 0. The first-order chi connectivity index (χ1) is 6.56. The van der Waals surface area contributed by atoms with Crippen molar-refractivity contribution in [1.29, 1.82) is 0 Å². The van der Waals surface area contributed by atoms with Gasteiger partial charge in [-0.2, -0.15) is 0 Å². The summed E-state index contributed by atoms with van der Waals surface area (Å²) in [7, 11) is 3.65. The van der Waals surface area contributed by atoms with Gasteiger partial charge < -0.3 is 14.5 Å². The summed E-state index contributed by atoms with van der Waals surface area (Å²) in [4.78, 5) is 16.0. The van der Waals surface area contributed by atoms with Gasteiger partial charge in [0, 0.05) is 32.8 Å². The zero-order chi connectivity index (χ0) is 10.7. The highest BCUT2D eigenvalue weighted by atomic mass is 16.5. The Morgan fingerprint density at radius 3 is 2.64 bits per heavy atom. The number of carbonyl (C=O) groups excluding carboxylic acids is 1. The molecule has 4 nitrogen and oxygen atoms in total. The molecule has 1 aliphatic rings. The number of methoxy groups -OCH3 is 1. The molecule has 82 valence electrons. The predicted molar refractivity (Wildman–Crippen MR) is 55.1 cm³/mol. The summed E-state index contributed by atoms with van der Waals surface area (Å²) in [6, 6.07) is 0.291. The normalized spacial score (nSPS) is 26.3. The Bertz CT molecular complexity index is 208. The van der Waals surface area contributed by atoms with E-state index >= 15 is 0 Å². The molecule has 1 rings (SSSR count). The van der Waals surface area contributed by atoms with E-state index in [1.54, 1.807) is 14.0 Å². The topological polar surface area (TPSA) is 32.8 Å². The third kappa shape index (κ3) is 2.45. The highest BCUT2D eigenvalue weighted by Crippen LogP contribution is 2.10. The van der Waals surface area contributed by atoms with Crippen molar-refractivity contribution < 1.29 is 9.53 Å². The van der Waals surface area contributed by atoms with E-state index in [4.69, 9.17) is 4.74 Å². The quantitative estimate of drug-likeness (QED) is 0.637. The molecule has 0 saturated carbocycles. The van der Waals surface area contributed by atoms with Crippen LogP contribution in [0.25, 0.3) is 0 Å². The molecular formula is C10H20N2O2. The van der Waals surface area contributed by atoms with Gasteiger partial charge in [-0.1, -0.05) is 0 Å². The van der Waals surface area contributed by atoms with Crippen LogP contribution in [-0.4, -0.2) is 61.6 Å². The Kier molecular flexibility index (Phi) is 3.89. The fraction of sp³-hybridized carbons (Fsp3) is 0.900. The van der Waals surface area contributed by atoms with E-state index in [-0.39, 0.29) is 12.0 Å². The summed E-state index contributed by atoms with van der Waals surface area (Å²) in [6.07, 6.45) is -0.319. The molecule has 0 aromatic heterocycles. The molecule has 1 fully saturated rings. The smallest absolute Gasteiger partial charge is 0.251 e. The fourth-order valence-corrected chi connectivity index (χ4v) is 1.80. The molecule has 2 atom stereocenters. The lowest BCUT2D eigenvalue weighted by Gasteiger charge is -2.39. The van der Waals surface area contributed by atoms with Gasteiger partial charge in [0.25, 0.3) is 5.91 Å². The Balaban J connectivity index is 2.55. The van der Waals surface area contributed by atoms with Gasteiger partial charge in [0.1, 0.15) is 6.10 Å². The van der Waals surface area contributed by atoms with Crippen LogP contribution in [0.5, 0.6) is 0 Å². The van der Waals surface area contributed by atoms with Crippen molar-refractivity contribution in [2.24, 2.45) is 0 Å². The summed E-state index contributed by atoms with van der Waals surface area (Å²) in [6.45, 7) is 6.59. The standard InChI is InChI=1S/C10H20N2O2/c1-8-7-11(3)5-6-12(8)10(13)9(2)14-4/h8-9H,5-7H2,1-4H3. The maximum Gasteiger partial charge on any atom is 0.251 e. The van der Waals surface area contributed by atoms with E-state index in [1.165, 1.54) is 0 Å². The van der Waals surface area contributed by atoms with Crippen molar-refractivity contribution in [3.63, 3.8) is 0 Å².